The van der Waals surface area contributed by atoms with Crippen LogP contribution in [0.5, 0.6) is 0 Å². The first-order valence-electron chi connectivity index (χ1n) is 4.87. The Morgan fingerprint density at radius 3 is 2.58 bits per heavy atom. The van der Waals surface area contributed by atoms with Crippen molar-refractivity contribution in [2.75, 3.05) is 20.3 Å². The van der Waals surface area contributed by atoms with Gasteiger partial charge >= 0.3 is 5.97 Å². The van der Waals surface area contributed by atoms with E-state index in [0.717, 1.165) is 12.1 Å². The molecule has 0 bridgehead atoms. The second kappa shape index (κ2) is 6.65. The Labute approximate surface area is 122 Å². The monoisotopic (exact) mass is 374 g/mol. The Morgan fingerprint density at radius 2 is 2.05 bits per heavy atom. The minimum absolute atomic E-state index is 0.0318. The molecule has 106 valence electrons. The number of carbonyl (C=O) groups excluding carboxylic acids is 1. The fraction of sp³-hybridized carbons (Fsp3) is 0.300. The van der Waals surface area contributed by atoms with Gasteiger partial charge in [0.05, 0.1) is 16.6 Å². The molecule has 0 saturated carbocycles. The Hall–Kier alpha value is -0.700. The molecule has 1 aromatic rings. The van der Waals surface area contributed by atoms with Gasteiger partial charge in [0.25, 0.3) is 9.05 Å². The largest absolute Gasteiger partial charge is 0.460 e. The lowest BCUT2D eigenvalue weighted by molar-refractivity contribution is 0.0387. The first-order valence-corrected chi connectivity index (χ1v) is 7.97. The molecular weight excluding hydrogens is 367 g/mol. The van der Waals surface area contributed by atoms with Crippen LogP contribution >= 0.6 is 26.6 Å². The molecule has 1 rings (SSSR count). The fourth-order valence-electron chi connectivity index (χ4n) is 1.16. The normalized spacial score (nSPS) is 11.4. The first kappa shape index (κ1) is 16.4. The molecule has 0 spiro atoms. The Balaban J connectivity index is 3.11. The van der Waals surface area contributed by atoms with Gasteiger partial charge in [-0.2, -0.15) is 0 Å². The summed E-state index contributed by atoms with van der Waals surface area (Å²) in [7, 11) is 2.38. The summed E-state index contributed by atoms with van der Waals surface area (Å²) in [4.78, 5) is 11.0. The number of rotatable bonds is 5. The summed E-state index contributed by atoms with van der Waals surface area (Å²) >= 11 is 2.75. The number of methoxy groups -OCH3 is 1. The van der Waals surface area contributed by atoms with Crippen molar-refractivity contribution in [2.45, 2.75) is 4.90 Å². The predicted octanol–water partition coefficient (Wildman–Crippen LogP) is 2.32. The molecule has 0 saturated heterocycles. The first-order chi connectivity index (χ1) is 8.77. The minimum atomic E-state index is -4.18. The maximum Gasteiger partial charge on any atom is 0.338 e. The average Bonchev–Trinajstić information content (AvgIpc) is 2.31. The summed E-state index contributed by atoms with van der Waals surface area (Å²) in [6, 6.07) is 1.79. The molecule has 0 heterocycles. The fourth-order valence-corrected chi connectivity index (χ4v) is 3.25. The van der Waals surface area contributed by atoms with Gasteiger partial charge in [0.1, 0.15) is 17.3 Å². The van der Waals surface area contributed by atoms with E-state index in [4.69, 9.17) is 15.4 Å². The zero-order valence-corrected chi connectivity index (χ0v) is 12.8. The third-order valence-electron chi connectivity index (χ3n) is 2.01. The molecule has 0 fully saturated rings. The second-order valence-corrected chi connectivity index (χ2v) is 6.66. The van der Waals surface area contributed by atoms with E-state index < -0.39 is 25.7 Å². The molecule has 0 radical (unpaired) electrons. The van der Waals surface area contributed by atoms with E-state index in [1.807, 2.05) is 0 Å². The van der Waals surface area contributed by atoms with Crippen LogP contribution in [0.15, 0.2) is 21.5 Å². The zero-order valence-electron chi connectivity index (χ0n) is 9.65. The molecule has 9 heteroatoms. The van der Waals surface area contributed by atoms with E-state index in [0.29, 0.717) is 0 Å². The molecule has 0 aliphatic heterocycles. The third kappa shape index (κ3) is 4.41. The summed E-state index contributed by atoms with van der Waals surface area (Å²) in [5.74, 6) is -1.80. The van der Waals surface area contributed by atoms with E-state index >= 15 is 0 Å². The van der Waals surface area contributed by atoms with Crippen molar-refractivity contribution in [3.63, 3.8) is 0 Å². The van der Waals surface area contributed by atoms with Crippen LogP contribution in [-0.4, -0.2) is 34.7 Å². The lowest BCUT2D eigenvalue weighted by atomic mass is 10.2. The number of esters is 1. The van der Waals surface area contributed by atoms with Gasteiger partial charge < -0.3 is 9.47 Å². The van der Waals surface area contributed by atoms with Gasteiger partial charge in [-0.05, 0) is 28.1 Å². The van der Waals surface area contributed by atoms with Gasteiger partial charge in [-0.25, -0.2) is 17.6 Å². The highest BCUT2D eigenvalue weighted by Crippen LogP contribution is 2.29. The molecule has 0 aliphatic rings. The van der Waals surface area contributed by atoms with E-state index in [2.05, 4.69) is 20.7 Å². The summed E-state index contributed by atoms with van der Waals surface area (Å²) in [5.41, 5.74) is -0.254. The van der Waals surface area contributed by atoms with Crippen molar-refractivity contribution in [1.29, 1.82) is 0 Å². The molecule has 0 atom stereocenters. The van der Waals surface area contributed by atoms with Gasteiger partial charge in [0.2, 0.25) is 0 Å². The number of carbonyl (C=O) groups is 1. The Morgan fingerprint density at radius 1 is 1.42 bits per heavy atom. The van der Waals surface area contributed by atoms with Gasteiger partial charge in [0.15, 0.2) is 0 Å². The van der Waals surface area contributed by atoms with Crippen LogP contribution in [0.4, 0.5) is 4.39 Å². The third-order valence-corrected chi connectivity index (χ3v) is 4.43. The lowest BCUT2D eigenvalue weighted by Crippen LogP contribution is -2.11. The van der Waals surface area contributed by atoms with Gasteiger partial charge in [-0.3, -0.25) is 0 Å². The molecule has 0 aliphatic carbocycles. The van der Waals surface area contributed by atoms with E-state index in [-0.39, 0.29) is 23.2 Å². The maximum atomic E-state index is 13.5. The highest BCUT2D eigenvalue weighted by atomic mass is 79.9. The summed E-state index contributed by atoms with van der Waals surface area (Å²) < 4.78 is 45.1. The lowest BCUT2D eigenvalue weighted by Gasteiger charge is -2.07. The highest BCUT2D eigenvalue weighted by Gasteiger charge is 2.21. The molecule has 0 unspecified atom stereocenters. The summed E-state index contributed by atoms with van der Waals surface area (Å²) in [6.45, 7) is 0.140. The van der Waals surface area contributed by atoms with Crippen LogP contribution in [0.25, 0.3) is 0 Å². The summed E-state index contributed by atoms with van der Waals surface area (Å²) in [6.07, 6.45) is 0. The van der Waals surface area contributed by atoms with Crippen LogP contribution in [0.3, 0.4) is 0 Å². The molecular formula is C10H9BrClFO5S. The van der Waals surface area contributed by atoms with Crippen molar-refractivity contribution >= 4 is 41.6 Å². The van der Waals surface area contributed by atoms with Crippen molar-refractivity contribution in [2.24, 2.45) is 0 Å². The smallest absolute Gasteiger partial charge is 0.338 e. The van der Waals surface area contributed by atoms with E-state index in [1.54, 1.807) is 0 Å². The van der Waals surface area contributed by atoms with Crippen LogP contribution in [0.1, 0.15) is 10.4 Å². The number of hydrogen-bond acceptors (Lipinski definition) is 5. The number of ether oxygens (including phenoxy) is 2. The van der Waals surface area contributed by atoms with Crippen LogP contribution in [-0.2, 0) is 18.5 Å². The molecule has 0 N–H and O–H groups in total. The molecule has 0 amide bonds. The minimum Gasteiger partial charge on any atom is -0.460 e. The van der Waals surface area contributed by atoms with Crippen molar-refractivity contribution in [3.05, 3.63) is 28.0 Å². The molecule has 19 heavy (non-hydrogen) atoms. The summed E-state index contributed by atoms with van der Waals surface area (Å²) in [5, 5.41) is 0. The molecule has 5 nitrogen and oxygen atoms in total. The highest BCUT2D eigenvalue weighted by molar-refractivity contribution is 9.10. The maximum absolute atomic E-state index is 13.5. The van der Waals surface area contributed by atoms with Gasteiger partial charge in [-0.15, -0.1) is 0 Å². The Bertz CT molecular complexity index is 590. The number of hydrogen-bond donors (Lipinski definition) is 0. The average molecular weight is 376 g/mol. The Kier molecular flexibility index (Phi) is 5.72. The van der Waals surface area contributed by atoms with E-state index in [9.17, 15) is 17.6 Å². The van der Waals surface area contributed by atoms with Gasteiger partial charge in [-0.1, -0.05) is 0 Å². The SMILES string of the molecule is COCCOC(=O)c1cc(F)c(Br)c(S(=O)(=O)Cl)c1. The number of halogens is 3. The van der Waals surface area contributed by atoms with Crippen molar-refractivity contribution in [1.82, 2.24) is 0 Å². The molecule has 1 aromatic carbocycles. The number of benzene rings is 1. The quantitative estimate of drug-likeness (QED) is 0.449. The van der Waals surface area contributed by atoms with E-state index in [1.165, 1.54) is 7.11 Å². The predicted molar refractivity (Wildman–Crippen MR) is 69.3 cm³/mol. The topological polar surface area (TPSA) is 69.7 Å². The van der Waals surface area contributed by atoms with Crippen LogP contribution < -0.4 is 0 Å². The van der Waals surface area contributed by atoms with Crippen LogP contribution in [0.2, 0.25) is 0 Å². The van der Waals surface area contributed by atoms with Crippen molar-refractivity contribution in [3.8, 4) is 0 Å². The van der Waals surface area contributed by atoms with Gasteiger partial charge in [0, 0.05) is 17.8 Å². The standard InChI is InChI=1S/C10H9BrClFO5S/c1-17-2-3-18-10(14)6-4-7(13)9(11)8(5-6)19(12,15)16/h4-5H,2-3H2,1H3. The van der Waals surface area contributed by atoms with Crippen LogP contribution in [0, 0.1) is 5.82 Å². The van der Waals surface area contributed by atoms with Crippen molar-refractivity contribution < 1.29 is 27.1 Å². The second-order valence-electron chi connectivity index (χ2n) is 3.34. The molecule has 0 aromatic heterocycles. The zero-order chi connectivity index (χ0) is 14.6.